The number of hydrogen-bond acceptors (Lipinski definition) is 3. The van der Waals surface area contributed by atoms with E-state index in [0.717, 1.165) is 13.1 Å². The van der Waals surface area contributed by atoms with Crippen LogP contribution in [0, 0.1) is 0 Å². The smallest absolute Gasteiger partial charge is 0.0370 e. The summed E-state index contributed by atoms with van der Waals surface area (Å²) in [5.74, 6) is 0. The summed E-state index contributed by atoms with van der Waals surface area (Å²) in [4.78, 5) is 2.48. The fourth-order valence-corrected chi connectivity index (χ4v) is 3.59. The molecule has 0 spiro atoms. The highest BCUT2D eigenvalue weighted by molar-refractivity contribution is 8.00. The second kappa shape index (κ2) is 5.11. The predicted molar refractivity (Wildman–Crippen MR) is 73.1 cm³/mol. The Hall–Kier alpha value is -0.670. The van der Waals surface area contributed by atoms with Crippen LogP contribution in [0.25, 0.3) is 0 Å². The molecule has 0 saturated carbocycles. The van der Waals surface area contributed by atoms with Gasteiger partial charge in [0, 0.05) is 35.8 Å². The van der Waals surface area contributed by atoms with Crippen molar-refractivity contribution in [3.05, 3.63) is 29.8 Å². The molecule has 88 valence electrons. The van der Waals surface area contributed by atoms with Gasteiger partial charge in [-0.3, -0.25) is 0 Å². The molecule has 1 fully saturated rings. The first-order chi connectivity index (χ1) is 7.69. The Labute approximate surface area is 102 Å². The number of nitrogens with zero attached hydrogens (tertiary/aromatic N) is 1. The molecule has 0 bridgehead atoms. The van der Waals surface area contributed by atoms with Gasteiger partial charge in [-0.2, -0.15) is 11.8 Å². The Balaban J connectivity index is 2.16. The van der Waals surface area contributed by atoms with Crippen LogP contribution in [0.5, 0.6) is 0 Å². The SMILES string of the molecule is CC1CN(c2cccc(CN)c2)CC(C)S1. The lowest BCUT2D eigenvalue weighted by atomic mass is 10.1. The lowest BCUT2D eigenvalue weighted by Gasteiger charge is -2.36. The lowest BCUT2D eigenvalue weighted by Crippen LogP contribution is -2.40. The molecular weight excluding hydrogens is 216 g/mol. The molecule has 2 N–H and O–H groups in total. The van der Waals surface area contributed by atoms with Crippen molar-refractivity contribution >= 4 is 17.4 Å². The second-order valence-electron chi connectivity index (χ2n) is 4.54. The molecule has 3 heteroatoms. The van der Waals surface area contributed by atoms with Gasteiger partial charge in [0.1, 0.15) is 0 Å². The Morgan fingerprint density at radius 1 is 1.31 bits per heavy atom. The van der Waals surface area contributed by atoms with Crippen molar-refractivity contribution < 1.29 is 0 Å². The Bertz CT molecular complexity index is 344. The molecule has 2 nitrogen and oxygen atoms in total. The average molecular weight is 236 g/mol. The fourth-order valence-electron chi connectivity index (χ4n) is 2.27. The third-order valence-corrected chi connectivity index (χ3v) is 4.16. The summed E-state index contributed by atoms with van der Waals surface area (Å²) in [6, 6.07) is 8.60. The van der Waals surface area contributed by atoms with E-state index in [1.807, 2.05) is 0 Å². The van der Waals surface area contributed by atoms with Crippen molar-refractivity contribution in [2.24, 2.45) is 5.73 Å². The van der Waals surface area contributed by atoms with E-state index >= 15 is 0 Å². The number of hydrogen-bond donors (Lipinski definition) is 1. The summed E-state index contributed by atoms with van der Waals surface area (Å²) in [7, 11) is 0. The van der Waals surface area contributed by atoms with Gasteiger partial charge in [-0.15, -0.1) is 0 Å². The summed E-state index contributed by atoms with van der Waals surface area (Å²) < 4.78 is 0. The maximum atomic E-state index is 5.68. The monoisotopic (exact) mass is 236 g/mol. The summed E-state index contributed by atoms with van der Waals surface area (Å²) in [6.45, 7) is 7.52. The van der Waals surface area contributed by atoms with Gasteiger partial charge >= 0.3 is 0 Å². The van der Waals surface area contributed by atoms with E-state index < -0.39 is 0 Å². The summed E-state index contributed by atoms with van der Waals surface area (Å²) in [6.07, 6.45) is 0. The van der Waals surface area contributed by atoms with Crippen LogP contribution in [0.4, 0.5) is 5.69 Å². The third-order valence-electron chi connectivity index (χ3n) is 2.93. The van der Waals surface area contributed by atoms with Gasteiger partial charge in [0.15, 0.2) is 0 Å². The zero-order valence-corrected chi connectivity index (χ0v) is 10.8. The minimum absolute atomic E-state index is 0.627. The highest BCUT2D eigenvalue weighted by Crippen LogP contribution is 2.28. The first-order valence-electron chi connectivity index (χ1n) is 5.88. The average Bonchev–Trinajstić information content (AvgIpc) is 2.28. The second-order valence-corrected chi connectivity index (χ2v) is 6.42. The van der Waals surface area contributed by atoms with E-state index in [-0.39, 0.29) is 0 Å². The van der Waals surface area contributed by atoms with Crippen LogP contribution in [0.1, 0.15) is 19.4 Å². The highest BCUT2D eigenvalue weighted by atomic mass is 32.2. The lowest BCUT2D eigenvalue weighted by molar-refractivity contribution is 0.728. The third kappa shape index (κ3) is 2.71. The quantitative estimate of drug-likeness (QED) is 0.855. The first kappa shape index (κ1) is 11.8. The molecule has 0 amide bonds. The molecule has 1 heterocycles. The zero-order valence-electron chi connectivity index (χ0n) is 10.0. The van der Waals surface area contributed by atoms with E-state index in [1.165, 1.54) is 11.3 Å². The van der Waals surface area contributed by atoms with Gasteiger partial charge in [-0.25, -0.2) is 0 Å². The minimum atomic E-state index is 0.627. The molecule has 1 aliphatic heterocycles. The van der Waals surface area contributed by atoms with Crippen molar-refractivity contribution in [1.82, 2.24) is 0 Å². The Morgan fingerprint density at radius 3 is 2.62 bits per heavy atom. The van der Waals surface area contributed by atoms with Gasteiger partial charge in [-0.1, -0.05) is 26.0 Å². The maximum absolute atomic E-state index is 5.68. The summed E-state index contributed by atoms with van der Waals surface area (Å²) in [5, 5.41) is 1.43. The largest absolute Gasteiger partial charge is 0.369 e. The molecule has 1 aliphatic rings. The topological polar surface area (TPSA) is 29.3 Å². The first-order valence-corrected chi connectivity index (χ1v) is 6.82. The number of anilines is 1. The Kier molecular flexibility index (Phi) is 3.77. The van der Waals surface area contributed by atoms with Gasteiger partial charge in [0.05, 0.1) is 0 Å². The van der Waals surface area contributed by atoms with Gasteiger partial charge in [0.2, 0.25) is 0 Å². The molecule has 2 unspecified atom stereocenters. The van der Waals surface area contributed by atoms with E-state index in [2.05, 4.69) is 54.8 Å². The number of benzene rings is 1. The molecular formula is C13H20N2S. The van der Waals surface area contributed by atoms with Crippen molar-refractivity contribution in [2.75, 3.05) is 18.0 Å². The number of thioether (sulfide) groups is 1. The molecule has 0 radical (unpaired) electrons. The molecule has 1 aromatic rings. The normalized spacial score (nSPS) is 25.8. The molecule has 1 aromatic carbocycles. The van der Waals surface area contributed by atoms with E-state index in [0.29, 0.717) is 17.0 Å². The number of nitrogens with two attached hydrogens (primary N) is 1. The van der Waals surface area contributed by atoms with Crippen LogP contribution in [0.2, 0.25) is 0 Å². The highest BCUT2D eigenvalue weighted by Gasteiger charge is 2.22. The maximum Gasteiger partial charge on any atom is 0.0370 e. The molecule has 2 atom stereocenters. The van der Waals surface area contributed by atoms with Crippen LogP contribution >= 0.6 is 11.8 Å². The van der Waals surface area contributed by atoms with Crippen LogP contribution in [-0.4, -0.2) is 23.6 Å². The Morgan fingerprint density at radius 2 is 2.00 bits per heavy atom. The number of rotatable bonds is 2. The predicted octanol–water partition coefficient (Wildman–Crippen LogP) is 2.48. The minimum Gasteiger partial charge on any atom is -0.369 e. The molecule has 0 aliphatic carbocycles. The summed E-state index contributed by atoms with van der Waals surface area (Å²) in [5.41, 5.74) is 8.22. The van der Waals surface area contributed by atoms with Crippen LogP contribution in [0.15, 0.2) is 24.3 Å². The van der Waals surface area contributed by atoms with Gasteiger partial charge in [0.25, 0.3) is 0 Å². The summed E-state index contributed by atoms with van der Waals surface area (Å²) >= 11 is 2.08. The molecule has 1 saturated heterocycles. The van der Waals surface area contributed by atoms with Crippen molar-refractivity contribution in [3.8, 4) is 0 Å². The molecule has 16 heavy (non-hydrogen) atoms. The fraction of sp³-hybridized carbons (Fsp3) is 0.538. The zero-order chi connectivity index (χ0) is 11.5. The molecule has 2 rings (SSSR count). The van der Waals surface area contributed by atoms with E-state index in [1.54, 1.807) is 0 Å². The van der Waals surface area contributed by atoms with Crippen LogP contribution < -0.4 is 10.6 Å². The van der Waals surface area contributed by atoms with Crippen molar-refractivity contribution in [3.63, 3.8) is 0 Å². The van der Waals surface area contributed by atoms with Crippen molar-refractivity contribution in [2.45, 2.75) is 30.9 Å². The van der Waals surface area contributed by atoms with Crippen LogP contribution in [0.3, 0.4) is 0 Å². The standard InChI is InChI=1S/C13H20N2S/c1-10-8-15(9-11(2)16-10)13-5-3-4-12(6-13)7-14/h3-6,10-11H,7-9,14H2,1-2H3. The van der Waals surface area contributed by atoms with Gasteiger partial charge < -0.3 is 10.6 Å². The van der Waals surface area contributed by atoms with Gasteiger partial charge in [-0.05, 0) is 17.7 Å². The van der Waals surface area contributed by atoms with E-state index in [9.17, 15) is 0 Å². The van der Waals surface area contributed by atoms with E-state index in [4.69, 9.17) is 5.73 Å². The van der Waals surface area contributed by atoms with Crippen molar-refractivity contribution in [1.29, 1.82) is 0 Å². The van der Waals surface area contributed by atoms with Crippen LogP contribution in [-0.2, 0) is 6.54 Å². The molecule has 0 aromatic heterocycles.